The van der Waals surface area contributed by atoms with Gasteiger partial charge in [-0.05, 0) is 12.1 Å². The first-order chi connectivity index (χ1) is 6.68. The topological polar surface area (TPSA) is 61.5 Å². The molecule has 14 heavy (non-hydrogen) atoms. The molecule has 4 nitrogen and oxygen atoms in total. The summed E-state index contributed by atoms with van der Waals surface area (Å²) >= 11 is 0. The van der Waals surface area contributed by atoms with E-state index in [1.165, 1.54) is 14.2 Å². The zero-order valence-corrected chi connectivity index (χ0v) is 9.19. The molecule has 1 rings (SSSR count). The maximum atomic E-state index is 11.0. The highest BCUT2D eigenvalue weighted by molar-refractivity contribution is 7.01. The van der Waals surface area contributed by atoms with E-state index in [0.717, 1.165) is 11.1 Å². The van der Waals surface area contributed by atoms with Crippen LogP contribution in [-0.4, -0.2) is 28.7 Å². The van der Waals surface area contributed by atoms with Crippen LogP contribution < -0.4 is 10.9 Å². The molecule has 76 valence electrons. The third-order valence-electron chi connectivity index (χ3n) is 2.07. The minimum Gasteiger partial charge on any atom is -0.399 e. The minimum absolute atomic E-state index is 0.648. The Morgan fingerprint density at radius 2 is 1.71 bits per heavy atom. The van der Waals surface area contributed by atoms with Gasteiger partial charge in [0, 0.05) is 25.1 Å². The first-order valence-electron chi connectivity index (χ1n) is 4.11. The van der Waals surface area contributed by atoms with Crippen molar-refractivity contribution in [3.8, 4) is 0 Å². The van der Waals surface area contributed by atoms with E-state index in [1.54, 1.807) is 24.3 Å². The fourth-order valence-electron chi connectivity index (χ4n) is 1.20. The van der Waals surface area contributed by atoms with E-state index in [9.17, 15) is 4.79 Å². The average Bonchev–Trinajstić information content (AvgIpc) is 2.24. The van der Waals surface area contributed by atoms with Gasteiger partial charge in [-0.3, -0.25) is 0 Å². The Hall–Kier alpha value is -1.17. The lowest BCUT2D eigenvalue weighted by molar-refractivity contribution is 0.274. The van der Waals surface area contributed by atoms with Crippen LogP contribution in [0.15, 0.2) is 24.3 Å². The largest absolute Gasteiger partial charge is 0.440 e. The zero-order chi connectivity index (χ0) is 10.6. The number of nitrogens with two attached hydrogens (primary N) is 1. The second-order valence-corrected chi connectivity index (χ2v) is 5.78. The summed E-state index contributed by atoms with van der Waals surface area (Å²) in [6.07, 6.45) is 0. The van der Waals surface area contributed by atoms with Crippen molar-refractivity contribution in [1.29, 1.82) is 0 Å². The number of hydrogen-bond donors (Lipinski definition) is 1. The highest BCUT2D eigenvalue weighted by atomic mass is 28.4. The summed E-state index contributed by atoms with van der Waals surface area (Å²) in [5, 5.41) is 0.756. The molecule has 0 aliphatic rings. The second-order valence-electron chi connectivity index (χ2n) is 2.82. The predicted molar refractivity (Wildman–Crippen MR) is 57.0 cm³/mol. The molecule has 0 fully saturated rings. The molecule has 0 atom stereocenters. The molecular formula is C9H13NO3Si. The molecule has 0 radical (unpaired) electrons. The molecule has 0 unspecified atom stereocenters. The Labute approximate surface area is 83.9 Å². The van der Waals surface area contributed by atoms with Gasteiger partial charge < -0.3 is 19.4 Å². The quantitative estimate of drug-likeness (QED) is 0.432. The summed E-state index contributed by atoms with van der Waals surface area (Å²) in [6.45, 7) is 0. The van der Waals surface area contributed by atoms with Crippen molar-refractivity contribution in [2.75, 3.05) is 20.0 Å². The fourth-order valence-corrected chi connectivity index (χ4v) is 2.80. The van der Waals surface area contributed by atoms with E-state index in [0.29, 0.717) is 5.69 Å². The Kier molecular flexibility index (Phi) is 3.40. The molecule has 1 aromatic carbocycles. The van der Waals surface area contributed by atoms with Gasteiger partial charge in [-0.1, -0.05) is 12.1 Å². The van der Waals surface area contributed by atoms with Crippen molar-refractivity contribution in [2.45, 2.75) is 0 Å². The molecule has 0 aliphatic heterocycles. The van der Waals surface area contributed by atoms with Crippen molar-refractivity contribution in [1.82, 2.24) is 0 Å². The lowest BCUT2D eigenvalue weighted by Crippen LogP contribution is -2.54. The summed E-state index contributed by atoms with van der Waals surface area (Å²) < 4.78 is 10.3. The van der Waals surface area contributed by atoms with Crippen LogP contribution in [0, 0.1) is 0 Å². The van der Waals surface area contributed by atoms with Gasteiger partial charge in [0.15, 0.2) is 5.91 Å². The van der Waals surface area contributed by atoms with Crippen LogP contribution in [-0.2, 0) is 13.6 Å². The maximum Gasteiger partial charge on any atom is 0.440 e. The molecule has 0 saturated carbocycles. The zero-order valence-electron chi connectivity index (χ0n) is 8.19. The Balaban J connectivity index is 3.11. The second kappa shape index (κ2) is 4.36. The smallest absolute Gasteiger partial charge is 0.399 e. The van der Waals surface area contributed by atoms with Crippen LogP contribution in [0.2, 0.25) is 0 Å². The van der Waals surface area contributed by atoms with Crippen molar-refractivity contribution >= 4 is 25.3 Å². The Morgan fingerprint density at radius 1 is 1.21 bits per heavy atom. The van der Waals surface area contributed by atoms with Crippen LogP contribution in [0.25, 0.3) is 0 Å². The number of benzene rings is 1. The van der Waals surface area contributed by atoms with E-state index in [1.807, 2.05) is 0 Å². The summed E-state index contributed by atoms with van der Waals surface area (Å²) in [5.41, 5.74) is 6.19. The monoisotopic (exact) mass is 211 g/mol. The molecule has 5 heteroatoms. The van der Waals surface area contributed by atoms with Crippen molar-refractivity contribution in [3.05, 3.63) is 24.3 Å². The minimum atomic E-state index is -2.85. The third-order valence-corrected chi connectivity index (χ3v) is 4.74. The molecular weight excluding hydrogens is 198 g/mol. The number of carbonyl (C=O) groups excluding carboxylic acids is 1. The van der Waals surface area contributed by atoms with Crippen LogP contribution in [0.4, 0.5) is 5.69 Å². The van der Waals surface area contributed by atoms with Gasteiger partial charge in [-0.25, -0.2) is 0 Å². The average molecular weight is 211 g/mol. The molecule has 1 aromatic rings. The lowest BCUT2D eigenvalue weighted by Gasteiger charge is -2.21. The van der Waals surface area contributed by atoms with Gasteiger partial charge in [-0.15, -0.1) is 0 Å². The van der Waals surface area contributed by atoms with Gasteiger partial charge in [0.25, 0.3) is 0 Å². The number of anilines is 1. The number of nitrogen functional groups attached to an aromatic ring is 1. The number of hydrogen-bond acceptors (Lipinski definition) is 4. The predicted octanol–water partition coefficient (Wildman–Crippen LogP) is -0.0173. The standard InChI is InChI=1S/C9H13NO3Si/c1-12-14(7-11,13-2)9-5-3-8(10)4-6-9/h3-7H,10H2,1-2H3. The molecule has 0 heterocycles. The van der Waals surface area contributed by atoms with Crippen LogP contribution >= 0.6 is 0 Å². The van der Waals surface area contributed by atoms with Crippen LogP contribution in [0.3, 0.4) is 0 Å². The Bertz CT molecular complexity index is 308. The third kappa shape index (κ3) is 1.84. The summed E-state index contributed by atoms with van der Waals surface area (Å²) in [5.74, 6) is 0.749. The van der Waals surface area contributed by atoms with Gasteiger partial charge in [-0.2, -0.15) is 0 Å². The fraction of sp³-hybridized carbons (Fsp3) is 0.222. The normalized spacial score (nSPS) is 11.3. The SMILES string of the molecule is CO[Si](C=O)(OC)c1ccc(N)cc1. The first-order valence-corrected chi connectivity index (χ1v) is 6.00. The van der Waals surface area contributed by atoms with Crippen molar-refractivity contribution in [2.24, 2.45) is 0 Å². The van der Waals surface area contributed by atoms with E-state index in [4.69, 9.17) is 14.6 Å². The molecule has 0 aromatic heterocycles. The number of rotatable bonds is 4. The van der Waals surface area contributed by atoms with Crippen LogP contribution in [0.5, 0.6) is 0 Å². The van der Waals surface area contributed by atoms with Gasteiger partial charge in [0.2, 0.25) is 0 Å². The Morgan fingerprint density at radius 3 is 2.07 bits per heavy atom. The highest BCUT2D eigenvalue weighted by Gasteiger charge is 2.38. The lowest BCUT2D eigenvalue weighted by atomic mass is 10.3. The summed E-state index contributed by atoms with van der Waals surface area (Å²) in [6, 6.07) is 6.95. The van der Waals surface area contributed by atoms with Crippen molar-refractivity contribution < 1.29 is 13.6 Å². The summed E-state index contributed by atoms with van der Waals surface area (Å²) in [7, 11) is 0.0928. The van der Waals surface area contributed by atoms with Gasteiger partial charge >= 0.3 is 8.56 Å². The van der Waals surface area contributed by atoms with Crippen molar-refractivity contribution in [3.63, 3.8) is 0 Å². The number of carbonyl (C=O) groups is 1. The molecule has 0 bridgehead atoms. The van der Waals surface area contributed by atoms with E-state index < -0.39 is 8.56 Å². The van der Waals surface area contributed by atoms with Gasteiger partial charge in [0.1, 0.15) is 0 Å². The molecule has 0 spiro atoms. The molecule has 0 aliphatic carbocycles. The van der Waals surface area contributed by atoms with E-state index >= 15 is 0 Å². The van der Waals surface area contributed by atoms with E-state index in [-0.39, 0.29) is 0 Å². The molecule has 0 amide bonds. The molecule has 0 saturated heterocycles. The highest BCUT2D eigenvalue weighted by Crippen LogP contribution is 2.05. The molecule has 2 N–H and O–H groups in total. The van der Waals surface area contributed by atoms with E-state index in [2.05, 4.69) is 0 Å². The van der Waals surface area contributed by atoms with Gasteiger partial charge in [0.05, 0.1) is 0 Å². The maximum absolute atomic E-state index is 11.0. The van der Waals surface area contributed by atoms with Crippen LogP contribution in [0.1, 0.15) is 0 Å². The summed E-state index contributed by atoms with van der Waals surface area (Å²) in [4.78, 5) is 11.0. The first kappa shape index (κ1) is 10.9.